The van der Waals surface area contributed by atoms with E-state index < -0.39 is 5.79 Å². The molecule has 2 N–H and O–H groups in total. The Bertz CT molecular complexity index is 152. The molecule has 0 aliphatic carbocycles. The van der Waals surface area contributed by atoms with Crippen LogP contribution in [-0.2, 0) is 9.47 Å². The Morgan fingerprint density at radius 1 is 1.33 bits per heavy atom. The van der Waals surface area contributed by atoms with Gasteiger partial charge in [0.05, 0.1) is 6.10 Å². The summed E-state index contributed by atoms with van der Waals surface area (Å²) >= 11 is 1.76. The van der Waals surface area contributed by atoms with Gasteiger partial charge in [0.2, 0.25) is 0 Å². The molecule has 1 heterocycles. The zero-order valence-corrected chi connectivity index (χ0v) is 8.69. The molecule has 2 atom stereocenters. The van der Waals surface area contributed by atoms with Crippen molar-refractivity contribution in [1.29, 1.82) is 0 Å². The lowest BCUT2D eigenvalue weighted by molar-refractivity contribution is -0.143. The molecule has 1 aliphatic heterocycles. The maximum Gasteiger partial charge on any atom is 0.163 e. The van der Waals surface area contributed by atoms with Crippen molar-refractivity contribution < 1.29 is 9.47 Å². The van der Waals surface area contributed by atoms with Crippen LogP contribution in [0.3, 0.4) is 0 Å². The summed E-state index contributed by atoms with van der Waals surface area (Å²) in [5.41, 5.74) is 5.56. The summed E-state index contributed by atoms with van der Waals surface area (Å²) in [5.74, 6) is 0.496. The van der Waals surface area contributed by atoms with Gasteiger partial charge in [0.25, 0.3) is 0 Å². The molecule has 2 unspecified atom stereocenters. The van der Waals surface area contributed by atoms with E-state index in [-0.39, 0.29) is 12.2 Å². The predicted octanol–water partition coefficient (Wildman–Crippen LogP) is 0.828. The van der Waals surface area contributed by atoms with E-state index in [2.05, 4.69) is 6.26 Å². The van der Waals surface area contributed by atoms with Crippen LogP contribution in [0, 0.1) is 0 Å². The number of rotatable bonds is 3. The predicted molar refractivity (Wildman–Crippen MR) is 51.3 cm³/mol. The third-order valence-electron chi connectivity index (χ3n) is 1.85. The van der Waals surface area contributed by atoms with Gasteiger partial charge in [-0.1, -0.05) is 0 Å². The first kappa shape index (κ1) is 10.3. The molecule has 0 saturated carbocycles. The number of ether oxygens (including phenoxy) is 2. The van der Waals surface area contributed by atoms with Gasteiger partial charge in [0, 0.05) is 12.3 Å². The molecule has 4 heteroatoms. The monoisotopic (exact) mass is 191 g/mol. The second-order valence-corrected chi connectivity index (χ2v) is 4.31. The highest BCUT2D eigenvalue weighted by molar-refractivity contribution is 7.98. The minimum atomic E-state index is -0.454. The Morgan fingerprint density at radius 3 is 2.42 bits per heavy atom. The van der Waals surface area contributed by atoms with Gasteiger partial charge < -0.3 is 15.2 Å². The van der Waals surface area contributed by atoms with E-state index in [0.29, 0.717) is 6.54 Å². The molecule has 1 fully saturated rings. The van der Waals surface area contributed by atoms with Crippen LogP contribution < -0.4 is 5.73 Å². The fraction of sp³-hybridized carbons (Fsp3) is 1.00. The first-order valence-electron chi connectivity index (χ1n) is 4.13. The second kappa shape index (κ2) is 3.96. The number of hydrogen-bond donors (Lipinski definition) is 1. The highest BCUT2D eigenvalue weighted by Crippen LogP contribution is 2.28. The van der Waals surface area contributed by atoms with Crippen LogP contribution in [0.1, 0.15) is 13.8 Å². The largest absolute Gasteiger partial charge is 0.344 e. The van der Waals surface area contributed by atoms with Crippen molar-refractivity contribution in [2.45, 2.75) is 31.8 Å². The van der Waals surface area contributed by atoms with E-state index >= 15 is 0 Å². The van der Waals surface area contributed by atoms with Crippen LogP contribution in [0.25, 0.3) is 0 Å². The lowest BCUT2D eigenvalue weighted by atomic mass is 10.2. The third kappa shape index (κ3) is 2.36. The lowest BCUT2D eigenvalue weighted by Crippen LogP contribution is -2.32. The lowest BCUT2D eigenvalue weighted by Gasteiger charge is -2.16. The van der Waals surface area contributed by atoms with Gasteiger partial charge in [-0.2, -0.15) is 11.8 Å². The van der Waals surface area contributed by atoms with Crippen LogP contribution in [0.2, 0.25) is 0 Å². The topological polar surface area (TPSA) is 44.5 Å². The van der Waals surface area contributed by atoms with Gasteiger partial charge in [-0.3, -0.25) is 0 Å². The van der Waals surface area contributed by atoms with Crippen molar-refractivity contribution in [3.05, 3.63) is 0 Å². The summed E-state index contributed by atoms with van der Waals surface area (Å²) < 4.78 is 11.3. The van der Waals surface area contributed by atoms with Gasteiger partial charge in [-0.25, -0.2) is 0 Å². The standard InChI is InChI=1S/C8H17NO2S/c1-8(2)10-6(4-9)7(11-8)5-12-3/h6-7H,4-5,9H2,1-3H3. The summed E-state index contributed by atoms with van der Waals surface area (Å²) in [4.78, 5) is 0. The van der Waals surface area contributed by atoms with E-state index in [0.717, 1.165) is 5.75 Å². The summed E-state index contributed by atoms with van der Waals surface area (Å²) in [6.07, 6.45) is 2.27. The Balaban J connectivity index is 2.50. The molecule has 3 nitrogen and oxygen atoms in total. The molecule has 0 radical (unpaired) electrons. The van der Waals surface area contributed by atoms with Crippen LogP contribution in [-0.4, -0.2) is 36.5 Å². The van der Waals surface area contributed by atoms with Gasteiger partial charge in [-0.05, 0) is 20.1 Å². The molecule has 0 bridgehead atoms. The van der Waals surface area contributed by atoms with Gasteiger partial charge >= 0.3 is 0 Å². The zero-order valence-electron chi connectivity index (χ0n) is 7.87. The fourth-order valence-electron chi connectivity index (χ4n) is 1.41. The average molecular weight is 191 g/mol. The molecule has 0 spiro atoms. The number of hydrogen-bond acceptors (Lipinski definition) is 4. The highest BCUT2D eigenvalue weighted by atomic mass is 32.2. The normalized spacial score (nSPS) is 34.0. The molecule has 0 amide bonds. The SMILES string of the molecule is CSCC1OC(C)(C)OC1CN. The quantitative estimate of drug-likeness (QED) is 0.717. The molecule has 0 aromatic carbocycles. The molecule has 1 aliphatic rings. The summed E-state index contributed by atoms with van der Waals surface area (Å²) in [6.45, 7) is 4.39. The van der Waals surface area contributed by atoms with Crippen molar-refractivity contribution in [2.75, 3.05) is 18.6 Å². The molecule has 0 aromatic heterocycles. The highest BCUT2D eigenvalue weighted by Gasteiger charge is 2.39. The summed E-state index contributed by atoms with van der Waals surface area (Å²) in [7, 11) is 0. The van der Waals surface area contributed by atoms with Crippen LogP contribution in [0.15, 0.2) is 0 Å². The Hall–Kier alpha value is 0.230. The molecular weight excluding hydrogens is 174 g/mol. The van der Waals surface area contributed by atoms with Crippen LogP contribution in [0.5, 0.6) is 0 Å². The Labute approximate surface area is 78.0 Å². The first-order valence-corrected chi connectivity index (χ1v) is 5.53. The molecule has 1 saturated heterocycles. The molecular formula is C8H17NO2S. The maximum absolute atomic E-state index is 5.67. The molecule has 1 rings (SSSR count). The van der Waals surface area contributed by atoms with Crippen molar-refractivity contribution in [3.63, 3.8) is 0 Å². The molecule has 0 aromatic rings. The van der Waals surface area contributed by atoms with Crippen molar-refractivity contribution in [3.8, 4) is 0 Å². The Kier molecular flexibility index (Phi) is 3.40. The zero-order chi connectivity index (χ0) is 9.19. The molecule has 12 heavy (non-hydrogen) atoms. The molecule has 72 valence electrons. The number of thioether (sulfide) groups is 1. The van der Waals surface area contributed by atoms with Crippen molar-refractivity contribution in [1.82, 2.24) is 0 Å². The van der Waals surface area contributed by atoms with E-state index in [1.807, 2.05) is 13.8 Å². The van der Waals surface area contributed by atoms with E-state index in [1.165, 1.54) is 0 Å². The van der Waals surface area contributed by atoms with Crippen molar-refractivity contribution >= 4 is 11.8 Å². The van der Waals surface area contributed by atoms with Crippen LogP contribution in [0.4, 0.5) is 0 Å². The first-order chi connectivity index (χ1) is 5.59. The van der Waals surface area contributed by atoms with Crippen LogP contribution >= 0.6 is 11.8 Å². The fourth-order valence-corrected chi connectivity index (χ4v) is 2.03. The van der Waals surface area contributed by atoms with E-state index in [9.17, 15) is 0 Å². The van der Waals surface area contributed by atoms with E-state index in [1.54, 1.807) is 11.8 Å². The van der Waals surface area contributed by atoms with Crippen molar-refractivity contribution in [2.24, 2.45) is 5.73 Å². The minimum Gasteiger partial charge on any atom is -0.344 e. The maximum atomic E-state index is 5.67. The minimum absolute atomic E-state index is 0.0625. The van der Waals surface area contributed by atoms with Gasteiger partial charge in [-0.15, -0.1) is 0 Å². The summed E-state index contributed by atoms with van der Waals surface area (Å²) in [6, 6.07) is 0. The third-order valence-corrected chi connectivity index (χ3v) is 2.51. The average Bonchev–Trinajstić information content (AvgIpc) is 2.26. The Morgan fingerprint density at radius 2 is 1.92 bits per heavy atom. The number of nitrogens with two attached hydrogens (primary N) is 1. The summed E-state index contributed by atoms with van der Waals surface area (Å²) in [5, 5.41) is 0. The van der Waals surface area contributed by atoms with E-state index in [4.69, 9.17) is 15.2 Å². The van der Waals surface area contributed by atoms with Gasteiger partial charge in [0.15, 0.2) is 5.79 Å². The van der Waals surface area contributed by atoms with Gasteiger partial charge in [0.1, 0.15) is 6.10 Å². The second-order valence-electron chi connectivity index (χ2n) is 3.40. The smallest absolute Gasteiger partial charge is 0.163 e.